The van der Waals surface area contributed by atoms with Crippen LogP contribution in [-0.2, 0) is 7.05 Å². The molecule has 0 aliphatic rings. The van der Waals surface area contributed by atoms with Crippen molar-refractivity contribution in [2.24, 2.45) is 7.05 Å². The van der Waals surface area contributed by atoms with Crippen LogP contribution in [0.2, 0.25) is 0 Å². The number of aromatic nitrogens is 1. The van der Waals surface area contributed by atoms with Gasteiger partial charge >= 0.3 is 0 Å². The number of pyridine rings is 1. The quantitative estimate of drug-likeness (QED) is 0.645. The Labute approximate surface area is 72.8 Å². The molecule has 0 unspecified atom stereocenters. The number of aliphatic hydroxyl groups is 1. The van der Waals surface area contributed by atoms with E-state index in [0.717, 1.165) is 5.69 Å². The summed E-state index contributed by atoms with van der Waals surface area (Å²) < 4.78 is 2.00. The molecule has 1 N–H and O–H groups in total. The Morgan fingerprint density at radius 2 is 2.25 bits per heavy atom. The van der Waals surface area contributed by atoms with Crippen molar-refractivity contribution in [3.8, 4) is 0 Å². The smallest absolute Gasteiger partial charge is 0.204 e. The van der Waals surface area contributed by atoms with Gasteiger partial charge in [0.2, 0.25) is 5.69 Å². The highest BCUT2D eigenvalue weighted by Gasteiger charge is 1.98. The van der Waals surface area contributed by atoms with Gasteiger partial charge in [0.05, 0.1) is 6.10 Å². The van der Waals surface area contributed by atoms with Gasteiger partial charge in [-0.25, -0.2) is 4.57 Å². The van der Waals surface area contributed by atoms with E-state index in [4.69, 9.17) is 5.11 Å². The zero-order chi connectivity index (χ0) is 8.97. The molecule has 0 amide bonds. The van der Waals surface area contributed by atoms with E-state index in [-0.39, 0.29) is 6.10 Å². The van der Waals surface area contributed by atoms with Gasteiger partial charge in [0.1, 0.15) is 7.05 Å². The number of hydrogen-bond donors (Lipinski definition) is 1. The maximum Gasteiger partial charge on any atom is 0.204 e. The molecule has 0 bridgehead atoms. The first kappa shape index (κ1) is 8.94. The standard InChI is InChI=1S/C10H14NO/c1-9(12)6-7-10-5-3-4-8-11(10)2/h3-9,12H,1-2H3/q+1/b7-6+/t9-/m1/s1. The normalized spacial score (nSPS) is 13.6. The molecule has 0 aliphatic carbocycles. The number of aliphatic hydroxyl groups excluding tert-OH is 1. The molecule has 1 aromatic heterocycles. The van der Waals surface area contributed by atoms with Gasteiger partial charge in [-0.2, -0.15) is 0 Å². The van der Waals surface area contributed by atoms with Crippen LogP contribution >= 0.6 is 0 Å². The summed E-state index contributed by atoms with van der Waals surface area (Å²) >= 11 is 0. The fraction of sp³-hybridized carbons (Fsp3) is 0.300. The SMILES string of the molecule is C[C@@H](O)/C=C/c1cccc[n+]1C. The van der Waals surface area contributed by atoms with Crippen LogP contribution in [0.1, 0.15) is 12.6 Å². The molecule has 1 aromatic rings. The average molecular weight is 164 g/mol. The molecule has 1 rings (SSSR count). The van der Waals surface area contributed by atoms with Crippen molar-refractivity contribution < 1.29 is 9.67 Å². The van der Waals surface area contributed by atoms with Crippen LogP contribution in [0, 0.1) is 0 Å². The van der Waals surface area contributed by atoms with E-state index in [0.29, 0.717) is 0 Å². The average Bonchev–Trinajstić information content (AvgIpc) is 2.03. The van der Waals surface area contributed by atoms with Gasteiger partial charge < -0.3 is 5.11 Å². The lowest BCUT2D eigenvalue weighted by Gasteiger charge is -1.94. The fourth-order valence-electron chi connectivity index (χ4n) is 0.948. The van der Waals surface area contributed by atoms with Crippen LogP contribution in [0.15, 0.2) is 30.5 Å². The molecule has 2 heteroatoms. The van der Waals surface area contributed by atoms with E-state index in [1.54, 1.807) is 13.0 Å². The van der Waals surface area contributed by atoms with Crippen molar-refractivity contribution in [1.82, 2.24) is 0 Å². The molecule has 0 saturated carbocycles. The maximum atomic E-state index is 9.01. The molecule has 12 heavy (non-hydrogen) atoms. The predicted octanol–water partition coefficient (Wildman–Crippen LogP) is 0.905. The highest BCUT2D eigenvalue weighted by atomic mass is 16.3. The highest BCUT2D eigenvalue weighted by Crippen LogP contribution is 1.95. The Bertz CT molecular complexity index is 279. The molecule has 0 aliphatic heterocycles. The zero-order valence-corrected chi connectivity index (χ0v) is 7.44. The van der Waals surface area contributed by atoms with E-state index in [1.165, 1.54) is 0 Å². The maximum absolute atomic E-state index is 9.01. The minimum atomic E-state index is -0.384. The summed E-state index contributed by atoms with van der Waals surface area (Å²) in [4.78, 5) is 0. The second-order valence-electron chi connectivity index (χ2n) is 2.84. The Hall–Kier alpha value is -1.15. The summed E-state index contributed by atoms with van der Waals surface area (Å²) in [5, 5.41) is 9.01. The summed E-state index contributed by atoms with van der Waals surface area (Å²) in [5.74, 6) is 0. The lowest BCUT2D eigenvalue weighted by Crippen LogP contribution is -2.30. The van der Waals surface area contributed by atoms with Gasteiger partial charge in [-0.15, -0.1) is 0 Å². The first-order valence-electron chi connectivity index (χ1n) is 4.01. The van der Waals surface area contributed by atoms with Crippen molar-refractivity contribution in [3.63, 3.8) is 0 Å². The minimum absolute atomic E-state index is 0.384. The number of nitrogens with zero attached hydrogens (tertiary/aromatic N) is 1. The predicted molar refractivity (Wildman–Crippen MR) is 48.3 cm³/mol. The summed E-state index contributed by atoms with van der Waals surface area (Å²) in [6.45, 7) is 1.74. The zero-order valence-electron chi connectivity index (χ0n) is 7.44. The van der Waals surface area contributed by atoms with Crippen LogP contribution in [0.25, 0.3) is 6.08 Å². The Morgan fingerprint density at radius 1 is 1.50 bits per heavy atom. The van der Waals surface area contributed by atoms with E-state index < -0.39 is 0 Å². The van der Waals surface area contributed by atoms with Crippen molar-refractivity contribution in [3.05, 3.63) is 36.2 Å². The van der Waals surface area contributed by atoms with Gasteiger partial charge in [0.25, 0.3) is 0 Å². The van der Waals surface area contributed by atoms with E-state index in [2.05, 4.69) is 0 Å². The van der Waals surface area contributed by atoms with Crippen LogP contribution in [0.5, 0.6) is 0 Å². The summed E-state index contributed by atoms with van der Waals surface area (Å²) in [5.41, 5.74) is 1.08. The van der Waals surface area contributed by atoms with Gasteiger partial charge in [-0.1, -0.05) is 0 Å². The molecular formula is C10H14NO+. The summed E-state index contributed by atoms with van der Waals surface area (Å²) in [7, 11) is 1.97. The van der Waals surface area contributed by atoms with Gasteiger partial charge in [-0.3, -0.25) is 0 Å². The van der Waals surface area contributed by atoms with Gasteiger partial charge in [0.15, 0.2) is 6.20 Å². The van der Waals surface area contributed by atoms with E-state index in [1.807, 2.05) is 42.1 Å². The lowest BCUT2D eigenvalue weighted by atomic mass is 10.3. The third-order valence-electron chi connectivity index (χ3n) is 1.64. The Morgan fingerprint density at radius 3 is 2.83 bits per heavy atom. The molecule has 0 fully saturated rings. The molecule has 64 valence electrons. The van der Waals surface area contributed by atoms with Crippen molar-refractivity contribution in [2.45, 2.75) is 13.0 Å². The van der Waals surface area contributed by atoms with Gasteiger partial charge in [0, 0.05) is 18.2 Å². The first-order chi connectivity index (χ1) is 5.70. The van der Waals surface area contributed by atoms with E-state index >= 15 is 0 Å². The molecule has 0 saturated heterocycles. The topological polar surface area (TPSA) is 24.1 Å². The molecule has 0 radical (unpaired) electrons. The van der Waals surface area contributed by atoms with Crippen molar-refractivity contribution in [2.75, 3.05) is 0 Å². The summed E-state index contributed by atoms with van der Waals surface area (Å²) in [6, 6.07) is 5.94. The summed E-state index contributed by atoms with van der Waals surface area (Å²) in [6.07, 6.45) is 5.26. The van der Waals surface area contributed by atoms with Crippen LogP contribution in [0.4, 0.5) is 0 Å². The second kappa shape index (κ2) is 4.02. The Balaban J connectivity index is 2.82. The number of aryl methyl sites for hydroxylation is 1. The molecular weight excluding hydrogens is 150 g/mol. The molecule has 1 atom stereocenters. The monoisotopic (exact) mass is 164 g/mol. The Kier molecular flexibility index (Phi) is 3.00. The van der Waals surface area contributed by atoms with Crippen LogP contribution in [0.3, 0.4) is 0 Å². The molecule has 0 aromatic carbocycles. The lowest BCUT2D eigenvalue weighted by molar-refractivity contribution is -0.673. The highest BCUT2D eigenvalue weighted by molar-refractivity contribution is 5.41. The second-order valence-corrected chi connectivity index (χ2v) is 2.84. The third kappa shape index (κ3) is 2.47. The van der Waals surface area contributed by atoms with Crippen molar-refractivity contribution >= 4 is 6.08 Å². The largest absolute Gasteiger partial charge is 0.389 e. The molecule has 0 spiro atoms. The number of rotatable bonds is 2. The van der Waals surface area contributed by atoms with Crippen LogP contribution < -0.4 is 4.57 Å². The van der Waals surface area contributed by atoms with Crippen molar-refractivity contribution in [1.29, 1.82) is 0 Å². The minimum Gasteiger partial charge on any atom is -0.389 e. The third-order valence-corrected chi connectivity index (χ3v) is 1.64. The van der Waals surface area contributed by atoms with Gasteiger partial charge in [-0.05, 0) is 19.1 Å². The van der Waals surface area contributed by atoms with E-state index in [9.17, 15) is 0 Å². The number of hydrogen-bond acceptors (Lipinski definition) is 1. The molecule has 1 heterocycles. The molecule has 2 nitrogen and oxygen atoms in total. The van der Waals surface area contributed by atoms with Crippen LogP contribution in [-0.4, -0.2) is 11.2 Å². The first-order valence-corrected chi connectivity index (χ1v) is 4.01. The fourth-order valence-corrected chi connectivity index (χ4v) is 0.948.